The highest BCUT2D eigenvalue weighted by Gasteiger charge is 2.22. The van der Waals surface area contributed by atoms with Gasteiger partial charge in [-0.2, -0.15) is 0 Å². The minimum atomic E-state index is -0.445. The van der Waals surface area contributed by atoms with E-state index in [0.717, 1.165) is 13.0 Å². The molecule has 2 rings (SSSR count). The Kier molecular flexibility index (Phi) is 2.21. The van der Waals surface area contributed by atoms with Crippen LogP contribution in [-0.2, 0) is 11.2 Å². The largest absolute Gasteiger partial charge is 0.504 e. The van der Waals surface area contributed by atoms with E-state index in [4.69, 9.17) is 9.84 Å². The molecule has 1 atom stereocenters. The molecule has 14 heavy (non-hydrogen) atoms. The van der Waals surface area contributed by atoms with Crippen LogP contribution in [0.5, 0.6) is 17.2 Å². The third-order valence-corrected chi connectivity index (χ3v) is 2.35. The second kappa shape index (κ2) is 3.38. The molecular weight excluding hydrogens is 184 g/mol. The number of aromatic hydroxyl groups is 3. The molecule has 1 unspecified atom stereocenters. The molecule has 0 amide bonds. The van der Waals surface area contributed by atoms with E-state index in [0.29, 0.717) is 18.1 Å². The van der Waals surface area contributed by atoms with Crippen molar-refractivity contribution in [2.75, 3.05) is 6.61 Å². The molecule has 4 nitrogen and oxygen atoms in total. The van der Waals surface area contributed by atoms with Crippen LogP contribution in [0, 0.1) is 0 Å². The number of benzene rings is 1. The summed E-state index contributed by atoms with van der Waals surface area (Å²) in [5.74, 6) is -0.973. The smallest absolute Gasteiger partial charge is 0.200 e. The molecule has 1 aliphatic rings. The second-order valence-electron chi connectivity index (χ2n) is 3.44. The number of rotatable bonds is 3. The van der Waals surface area contributed by atoms with Gasteiger partial charge in [-0.15, -0.1) is 0 Å². The van der Waals surface area contributed by atoms with E-state index in [9.17, 15) is 10.2 Å². The SMILES string of the molecule is Oc1ccc(CCC2CO2)c(O)c1O. The average molecular weight is 196 g/mol. The fraction of sp³-hybridized carbons (Fsp3) is 0.400. The zero-order valence-corrected chi connectivity index (χ0v) is 7.60. The predicted molar refractivity (Wildman–Crippen MR) is 49.5 cm³/mol. The molecule has 0 spiro atoms. The van der Waals surface area contributed by atoms with E-state index < -0.39 is 5.75 Å². The number of epoxide rings is 1. The van der Waals surface area contributed by atoms with Crippen molar-refractivity contribution in [1.29, 1.82) is 0 Å². The Morgan fingerprint density at radius 2 is 1.93 bits per heavy atom. The highest BCUT2D eigenvalue weighted by atomic mass is 16.6. The average Bonchev–Trinajstić information content (AvgIpc) is 2.97. The molecule has 1 aromatic carbocycles. The van der Waals surface area contributed by atoms with E-state index >= 15 is 0 Å². The van der Waals surface area contributed by atoms with Crippen LogP contribution >= 0.6 is 0 Å². The molecule has 0 aromatic heterocycles. The van der Waals surface area contributed by atoms with E-state index in [1.165, 1.54) is 6.07 Å². The lowest BCUT2D eigenvalue weighted by Gasteiger charge is -2.06. The fourth-order valence-corrected chi connectivity index (χ4v) is 1.36. The summed E-state index contributed by atoms with van der Waals surface area (Å²) in [6, 6.07) is 2.98. The Morgan fingerprint density at radius 1 is 1.21 bits per heavy atom. The molecule has 0 aliphatic carbocycles. The Bertz CT molecular complexity index is 344. The van der Waals surface area contributed by atoms with Crippen molar-refractivity contribution >= 4 is 0 Å². The maximum atomic E-state index is 9.46. The van der Waals surface area contributed by atoms with Gasteiger partial charge in [0.15, 0.2) is 11.5 Å². The minimum absolute atomic E-state index is 0.231. The lowest BCUT2D eigenvalue weighted by atomic mass is 10.1. The van der Waals surface area contributed by atoms with Crippen LogP contribution in [0.25, 0.3) is 0 Å². The molecule has 0 saturated carbocycles. The Labute approximate surface area is 81.4 Å². The number of phenols is 3. The van der Waals surface area contributed by atoms with Crippen LogP contribution in [0.4, 0.5) is 0 Å². The summed E-state index contributed by atoms with van der Waals surface area (Å²) in [5.41, 5.74) is 0.635. The lowest BCUT2D eigenvalue weighted by molar-refractivity contribution is 0.362. The summed E-state index contributed by atoms with van der Waals surface area (Å²) in [5, 5.41) is 27.8. The van der Waals surface area contributed by atoms with E-state index in [1.54, 1.807) is 6.07 Å². The van der Waals surface area contributed by atoms with Crippen molar-refractivity contribution in [2.24, 2.45) is 0 Å². The predicted octanol–water partition coefficient (Wildman–Crippen LogP) is 1.13. The van der Waals surface area contributed by atoms with Crippen molar-refractivity contribution in [2.45, 2.75) is 18.9 Å². The summed E-state index contributed by atoms with van der Waals surface area (Å²) >= 11 is 0. The first-order chi connectivity index (χ1) is 6.68. The van der Waals surface area contributed by atoms with E-state index in [2.05, 4.69) is 0 Å². The summed E-state index contributed by atoms with van der Waals surface area (Å²) in [7, 11) is 0. The summed E-state index contributed by atoms with van der Waals surface area (Å²) in [6.07, 6.45) is 1.77. The van der Waals surface area contributed by atoms with Gasteiger partial charge in [0.1, 0.15) is 0 Å². The maximum Gasteiger partial charge on any atom is 0.200 e. The van der Waals surface area contributed by atoms with Gasteiger partial charge in [-0.3, -0.25) is 0 Å². The molecule has 76 valence electrons. The van der Waals surface area contributed by atoms with Gasteiger partial charge >= 0.3 is 0 Å². The van der Waals surface area contributed by atoms with Crippen LogP contribution in [0.3, 0.4) is 0 Å². The number of ether oxygens (including phenoxy) is 1. The van der Waals surface area contributed by atoms with Crippen LogP contribution in [0.15, 0.2) is 12.1 Å². The van der Waals surface area contributed by atoms with Gasteiger partial charge < -0.3 is 20.1 Å². The normalized spacial score (nSPS) is 19.6. The second-order valence-corrected chi connectivity index (χ2v) is 3.44. The first-order valence-electron chi connectivity index (χ1n) is 4.53. The van der Waals surface area contributed by atoms with Crippen molar-refractivity contribution in [1.82, 2.24) is 0 Å². The number of aryl methyl sites for hydroxylation is 1. The van der Waals surface area contributed by atoms with Gasteiger partial charge in [0.2, 0.25) is 5.75 Å². The Balaban J connectivity index is 2.11. The molecular formula is C10H12O4. The molecule has 0 radical (unpaired) electrons. The first kappa shape index (κ1) is 9.15. The molecule has 1 aliphatic heterocycles. The van der Waals surface area contributed by atoms with Crippen LogP contribution in [0.2, 0.25) is 0 Å². The lowest BCUT2D eigenvalue weighted by Crippen LogP contribution is -1.91. The van der Waals surface area contributed by atoms with Gasteiger partial charge in [0.05, 0.1) is 12.7 Å². The number of hydrogen-bond acceptors (Lipinski definition) is 4. The van der Waals surface area contributed by atoms with Crippen molar-refractivity contribution in [3.05, 3.63) is 17.7 Å². The number of hydrogen-bond donors (Lipinski definition) is 3. The third kappa shape index (κ3) is 1.75. The highest BCUT2D eigenvalue weighted by Crippen LogP contribution is 2.37. The Morgan fingerprint density at radius 3 is 2.57 bits per heavy atom. The molecule has 1 saturated heterocycles. The van der Waals surface area contributed by atoms with Crippen molar-refractivity contribution in [3.8, 4) is 17.2 Å². The zero-order valence-electron chi connectivity index (χ0n) is 7.60. The quantitative estimate of drug-likeness (QED) is 0.500. The molecule has 0 bridgehead atoms. The molecule has 1 fully saturated rings. The summed E-state index contributed by atoms with van der Waals surface area (Å²) in [4.78, 5) is 0. The van der Waals surface area contributed by atoms with Crippen LogP contribution in [-0.4, -0.2) is 28.0 Å². The standard InChI is InChI=1S/C10H12O4/c11-8-4-2-6(9(12)10(8)13)1-3-7-5-14-7/h2,4,7,11-13H,1,3,5H2. The molecule has 3 N–H and O–H groups in total. The molecule has 1 heterocycles. The van der Waals surface area contributed by atoms with Crippen LogP contribution in [0.1, 0.15) is 12.0 Å². The van der Waals surface area contributed by atoms with Gasteiger partial charge in [-0.1, -0.05) is 6.07 Å². The van der Waals surface area contributed by atoms with Gasteiger partial charge in [-0.05, 0) is 24.5 Å². The van der Waals surface area contributed by atoms with Crippen molar-refractivity contribution < 1.29 is 20.1 Å². The summed E-state index contributed by atoms with van der Waals surface area (Å²) in [6.45, 7) is 0.783. The maximum absolute atomic E-state index is 9.46. The van der Waals surface area contributed by atoms with Gasteiger partial charge in [0.25, 0.3) is 0 Å². The van der Waals surface area contributed by atoms with E-state index in [1.807, 2.05) is 0 Å². The topological polar surface area (TPSA) is 73.2 Å². The monoisotopic (exact) mass is 196 g/mol. The molecule has 1 aromatic rings. The highest BCUT2D eigenvalue weighted by molar-refractivity contribution is 5.53. The van der Waals surface area contributed by atoms with E-state index in [-0.39, 0.29) is 11.5 Å². The van der Waals surface area contributed by atoms with Gasteiger partial charge in [0, 0.05) is 0 Å². The number of phenolic OH excluding ortho intramolecular Hbond substituents is 3. The van der Waals surface area contributed by atoms with Crippen molar-refractivity contribution in [3.63, 3.8) is 0 Å². The third-order valence-electron chi connectivity index (χ3n) is 2.35. The van der Waals surface area contributed by atoms with Crippen LogP contribution < -0.4 is 0 Å². The first-order valence-corrected chi connectivity index (χ1v) is 4.53. The van der Waals surface area contributed by atoms with Gasteiger partial charge in [-0.25, -0.2) is 0 Å². The summed E-state index contributed by atoms with van der Waals surface area (Å²) < 4.78 is 5.03. The molecule has 4 heteroatoms. The minimum Gasteiger partial charge on any atom is -0.504 e. The zero-order chi connectivity index (χ0) is 10.1. The fourth-order valence-electron chi connectivity index (χ4n) is 1.36. The Hall–Kier alpha value is -1.42.